The summed E-state index contributed by atoms with van der Waals surface area (Å²) in [5, 5.41) is 3.68. The van der Waals surface area contributed by atoms with Gasteiger partial charge in [0.05, 0.1) is 16.3 Å². The van der Waals surface area contributed by atoms with Gasteiger partial charge in [-0.15, -0.1) is 11.3 Å². The van der Waals surface area contributed by atoms with E-state index in [-0.39, 0.29) is 16.7 Å². The summed E-state index contributed by atoms with van der Waals surface area (Å²) in [5.41, 5.74) is 3.01. The van der Waals surface area contributed by atoms with Gasteiger partial charge in [0.2, 0.25) is 5.91 Å². The van der Waals surface area contributed by atoms with Crippen LogP contribution in [0.15, 0.2) is 34.2 Å². The highest BCUT2D eigenvalue weighted by molar-refractivity contribution is 8.00. The lowest BCUT2D eigenvalue weighted by molar-refractivity contribution is -0.119. The van der Waals surface area contributed by atoms with Crippen molar-refractivity contribution in [3.8, 4) is 5.69 Å². The van der Waals surface area contributed by atoms with Crippen molar-refractivity contribution in [2.75, 3.05) is 7.05 Å². The van der Waals surface area contributed by atoms with Gasteiger partial charge in [-0.1, -0.05) is 36.4 Å². The Labute approximate surface area is 178 Å². The molecule has 0 radical (unpaired) electrons. The molecule has 3 aromatic rings. The maximum atomic E-state index is 13.8. The topological polar surface area (TPSA) is 64.0 Å². The van der Waals surface area contributed by atoms with E-state index in [0.29, 0.717) is 5.16 Å². The molecule has 0 saturated heterocycles. The summed E-state index contributed by atoms with van der Waals surface area (Å²) in [5.74, 6) is -0.0809. The van der Waals surface area contributed by atoms with Crippen LogP contribution in [-0.2, 0) is 17.6 Å². The van der Waals surface area contributed by atoms with E-state index in [1.165, 1.54) is 35.0 Å². The van der Waals surface area contributed by atoms with Crippen LogP contribution in [0, 0.1) is 6.92 Å². The number of nitrogens with zero attached hydrogens (tertiary/aromatic N) is 2. The predicted octanol–water partition coefficient (Wildman–Crippen LogP) is 4.25. The third-order valence-corrected chi connectivity index (χ3v) is 7.70. The van der Waals surface area contributed by atoms with Crippen LogP contribution in [0.4, 0.5) is 0 Å². The maximum Gasteiger partial charge on any atom is 0.267 e. The standard InChI is InChI=1S/C22H25N3O2S2/c1-13-9-7-8-11-16(13)25-21(27)18-15-10-5-4-6-12-17(15)29-20(18)24-22(25)28-14(2)19(26)23-3/h7-9,11,14H,4-6,10,12H2,1-3H3,(H,23,26). The van der Waals surface area contributed by atoms with E-state index in [1.54, 1.807) is 23.0 Å². The molecule has 1 amide bonds. The number of thiophene rings is 1. The third kappa shape index (κ3) is 3.73. The first kappa shape index (κ1) is 20.2. The zero-order valence-corrected chi connectivity index (χ0v) is 18.6. The van der Waals surface area contributed by atoms with E-state index in [1.807, 2.05) is 38.1 Å². The number of aromatic nitrogens is 2. The van der Waals surface area contributed by atoms with E-state index in [0.717, 1.165) is 40.7 Å². The highest BCUT2D eigenvalue weighted by Crippen LogP contribution is 2.35. The monoisotopic (exact) mass is 427 g/mol. The Hall–Kier alpha value is -2.12. The van der Waals surface area contributed by atoms with Crippen molar-refractivity contribution in [2.24, 2.45) is 0 Å². The lowest BCUT2D eigenvalue weighted by Crippen LogP contribution is -2.29. The molecule has 1 unspecified atom stereocenters. The zero-order valence-electron chi connectivity index (χ0n) is 16.9. The minimum atomic E-state index is -0.350. The molecule has 0 spiro atoms. The Morgan fingerprint density at radius 3 is 2.76 bits per heavy atom. The molecule has 1 N–H and O–H groups in total. The summed E-state index contributed by atoms with van der Waals surface area (Å²) in [6.07, 6.45) is 5.46. The van der Waals surface area contributed by atoms with Crippen LogP contribution in [-0.4, -0.2) is 27.8 Å². The Balaban J connectivity index is 1.98. The summed E-state index contributed by atoms with van der Waals surface area (Å²) < 4.78 is 1.71. The molecule has 0 fully saturated rings. The molecule has 5 nitrogen and oxygen atoms in total. The van der Waals surface area contributed by atoms with Gasteiger partial charge in [-0.05, 0) is 56.7 Å². The van der Waals surface area contributed by atoms with Crippen molar-refractivity contribution >= 4 is 39.2 Å². The summed E-state index contributed by atoms with van der Waals surface area (Å²) >= 11 is 2.98. The summed E-state index contributed by atoms with van der Waals surface area (Å²) in [4.78, 5) is 32.9. The number of thioether (sulfide) groups is 1. The maximum absolute atomic E-state index is 13.8. The minimum Gasteiger partial charge on any atom is -0.358 e. The minimum absolute atomic E-state index is 0.0182. The number of hydrogen-bond acceptors (Lipinski definition) is 5. The van der Waals surface area contributed by atoms with Crippen LogP contribution in [0.3, 0.4) is 0 Å². The molecule has 7 heteroatoms. The average Bonchev–Trinajstić information content (AvgIpc) is 2.89. The first-order chi connectivity index (χ1) is 14.0. The first-order valence-electron chi connectivity index (χ1n) is 10.0. The van der Waals surface area contributed by atoms with Gasteiger partial charge >= 0.3 is 0 Å². The van der Waals surface area contributed by atoms with Gasteiger partial charge in [-0.3, -0.25) is 14.2 Å². The van der Waals surface area contributed by atoms with E-state index in [9.17, 15) is 9.59 Å². The summed E-state index contributed by atoms with van der Waals surface area (Å²) in [6.45, 7) is 3.84. The molecule has 4 rings (SSSR count). The Kier molecular flexibility index (Phi) is 5.79. The highest BCUT2D eigenvalue weighted by Gasteiger charge is 2.24. The van der Waals surface area contributed by atoms with Gasteiger partial charge in [0.1, 0.15) is 4.83 Å². The molecule has 0 saturated carbocycles. The van der Waals surface area contributed by atoms with Crippen LogP contribution < -0.4 is 10.9 Å². The highest BCUT2D eigenvalue weighted by atomic mass is 32.2. The van der Waals surface area contributed by atoms with Crippen LogP contribution >= 0.6 is 23.1 Å². The smallest absolute Gasteiger partial charge is 0.267 e. The van der Waals surface area contributed by atoms with E-state index < -0.39 is 0 Å². The second-order valence-electron chi connectivity index (χ2n) is 7.44. The normalized spacial score (nSPS) is 15.0. The molecule has 0 aliphatic heterocycles. The Morgan fingerprint density at radius 1 is 1.24 bits per heavy atom. The second kappa shape index (κ2) is 8.32. The SMILES string of the molecule is CNC(=O)C(C)Sc1nc2sc3c(c2c(=O)n1-c1ccccc1C)CCCCC3. The van der Waals surface area contributed by atoms with Gasteiger partial charge in [0.25, 0.3) is 5.56 Å². The number of carbonyl (C=O) groups excluding carboxylic acids is 1. The number of hydrogen-bond donors (Lipinski definition) is 1. The average molecular weight is 428 g/mol. The van der Waals surface area contributed by atoms with Crippen LogP contribution in [0.1, 0.15) is 42.2 Å². The molecule has 1 aliphatic rings. The number of aryl methyl sites for hydroxylation is 3. The van der Waals surface area contributed by atoms with Crippen LogP contribution in [0.2, 0.25) is 0 Å². The molecule has 2 aromatic heterocycles. The molecule has 1 aromatic carbocycles. The van der Waals surface area contributed by atoms with Crippen molar-refractivity contribution in [1.29, 1.82) is 0 Å². The van der Waals surface area contributed by atoms with Gasteiger partial charge < -0.3 is 5.32 Å². The lowest BCUT2D eigenvalue weighted by atomic mass is 10.1. The largest absolute Gasteiger partial charge is 0.358 e. The van der Waals surface area contributed by atoms with Crippen molar-refractivity contribution in [1.82, 2.24) is 14.9 Å². The van der Waals surface area contributed by atoms with E-state index in [2.05, 4.69) is 5.32 Å². The number of nitrogens with one attached hydrogen (secondary N) is 1. The number of amides is 1. The molecular formula is C22H25N3O2S2. The van der Waals surface area contributed by atoms with Crippen molar-refractivity contribution in [3.63, 3.8) is 0 Å². The van der Waals surface area contributed by atoms with Crippen molar-refractivity contribution in [3.05, 3.63) is 50.6 Å². The molecule has 29 heavy (non-hydrogen) atoms. The second-order valence-corrected chi connectivity index (χ2v) is 9.83. The number of para-hydroxylation sites is 1. The number of rotatable bonds is 4. The molecule has 1 atom stereocenters. The third-order valence-electron chi connectivity index (χ3n) is 5.46. The molecule has 0 bridgehead atoms. The quantitative estimate of drug-likeness (QED) is 0.384. The fraction of sp³-hybridized carbons (Fsp3) is 0.409. The predicted molar refractivity (Wildman–Crippen MR) is 121 cm³/mol. The number of carbonyl (C=O) groups is 1. The van der Waals surface area contributed by atoms with Crippen LogP contribution in [0.25, 0.3) is 15.9 Å². The fourth-order valence-electron chi connectivity index (χ4n) is 3.88. The first-order valence-corrected chi connectivity index (χ1v) is 11.7. The lowest BCUT2D eigenvalue weighted by Gasteiger charge is -2.16. The van der Waals surface area contributed by atoms with Crippen molar-refractivity contribution < 1.29 is 4.79 Å². The number of fused-ring (bicyclic) bond motifs is 3. The van der Waals surface area contributed by atoms with Gasteiger partial charge in [0.15, 0.2) is 5.16 Å². The summed E-state index contributed by atoms with van der Waals surface area (Å²) in [6, 6.07) is 7.84. The van der Waals surface area contributed by atoms with Gasteiger partial charge in [-0.2, -0.15) is 0 Å². The van der Waals surface area contributed by atoms with Crippen LogP contribution in [0.5, 0.6) is 0 Å². The van der Waals surface area contributed by atoms with Gasteiger partial charge in [-0.25, -0.2) is 4.98 Å². The fourth-order valence-corrected chi connectivity index (χ4v) is 6.17. The Morgan fingerprint density at radius 2 is 2.00 bits per heavy atom. The van der Waals surface area contributed by atoms with Crippen molar-refractivity contribution in [2.45, 2.75) is 56.4 Å². The molecular weight excluding hydrogens is 402 g/mol. The number of benzene rings is 1. The Bertz CT molecular complexity index is 1130. The molecule has 1 aliphatic carbocycles. The molecule has 2 heterocycles. The zero-order chi connectivity index (χ0) is 20.5. The summed E-state index contributed by atoms with van der Waals surface area (Å²) in [7, 11) is 1.63. The molecule has 152 valence electrons. The van der Waals surface area contributed by atoms with Gasteiger partial charge in [0, 0.05) is 11.9 Å². The van der Waals surface area contributed by atoms with E-state index in [4.69, 9.17) is 4.98 Å². The van der Waals surface area contributed by atoms with E-state index >= 15 is 0 Å².